The molecule has 0 amide bonds. The van der Waals surface area contributed by atoms with Gasteiger partial charge in [0.15, 0.2) is 52.4 Å². The highest BCUT2D eigenvalue weighted by atomic mass is 15.1. The Bertz CT molecular complexity index is 9390. The molecule has 0 bridgehead atoms. The van der Waals surface area contributed by atoms with E-state index < -0.39 is 0 Å². The van der Waals surface area contributed by atoms with Gasteiger partial charge in [-0.15, -0.1) is 0 Å². The average molecular weight is 1820 g/mol. The Kier molecular flexibility index (Phi) is 20.3. The maximum absolute atomic E-state index is 5.07. The Labute approximate surface area is 824 Å². The van der Waals surface area contributed by atoms with E-state index in [1.54, 1.807) is 0 Å². The first-order valence-corrected chi connectivity index (χ1v) is 48.2. The van der Waals surface area contributed by atoms with Crippen LogP contribution in [0.5, 0.6) is 0 Å². The molecule has 29 rings (SSSR count). The SMILES string of the molecule is c1ccc(-c2nc(-c3ccc(-n4cc5c6c(cccc64)-c4ccccc4-c4ccccc4-5)cc3)nc(-c3ccc4ccccc4c3)n2)cc1.c1ccc(-c2nc(-c3ccccc3)nc(-c3ccc(-n4cc5c6c(cccc64)-c4ccccc4-c4ccccc4-5)c4ccccc34)n2)cc1.c1ccc(-c2nc(-c3ccccc3)nc(-c3ccc(-n4cc5c6c(cccc64)-c4ccccc4-c4ccccc4-5)cc3)n2)cc1. The highest BCUT2D eigenvalue weighted by molar-refractivity contribution is 6.17. The number of hydrogen-bond acceptors (Lipinski definition) is 9. The van der Waals surface area contributed by atoms with Crippen LogP contribution in [-0.4, -0.2) is 58.6 Å². The summed E-state index contributed by atoms with van der Waals surface area (Å²) < 4.78 is 6.98. The molecule has 12 nitrogen and oxygen atoms in total. The molecule has 0 unspecified atom stereocenters. The van der Waals surface area contributed by atoms with Crippen LogP contribution in [0, 0.1) is 0 Å². The molecular weight excluding hydrogens is 1740 g/mol. The van der Waals surface area contributed by atoms with Gasteiger partial charge in [-0.05, 0) is 185 Å². The molecule has 26 aromatic rings. The summed E-state index contributed by atoms with van der Waals surface area (Å²) in [5, 5.41) is 8.37. The molecule has 0 atom stereocenters. The number of aromatic nitrogens is 12. The van der Waals surface area contributed by atoms with E-state index in [4.69, 9.17) is 44.9 Å². The Morgan fingerprint density at radius 3 is 0.706 bits per heavy atom. The van der Waals surface area contributed by atoms with Gasteiger partial charge in [-0.2, -0.15) is 0 Å². The van der Waals surface area contributed by atoms with Crippen LogP contribution < -0.4 is 0 Å². The molecule has 12 heteroatoms. The summed E-state index contributed by atoms with van der Waals surface area (Å²) in [5.74, 6) is 5.87. The van der Waals surface area contributed by atoms with E-state index in [0.717, 1.165) is 83.3 Å². The molecule has 0 aliphatic heterocycles. The maximum Gasteiger partial charge on any atom is 0.164 e. The lowest BCUT2D eigenvalue weighted by atomic mass is 9.94. The van der Waals surface area contributed by atoms with Crippen molar-refractivity contribution in [2.45, 2.75) is 0 Å². The van der Waals surface area contributed by atoms with Crippen molar-refractivity contribution in [2.75, 3.05) is 0 Å². The fourth-order valence-electron chi connectivity index (χ4n) is 21.3. The highest BCUT2D eigenvalue weighted by Gasteiger charge is 2.30. The minimum atomic E-state index is 0.642. The van der Waals surface area contributed by atoms with Crippen LogP contribution in [0.4, 0.5) is 0 Å². The van der Waals surface area contributed by atoms with Gasteiger partial charge in [-0.3, -0.25) is 0 Å². The number of fused-ring (bicyclic) bond motifs is 17. The number of hydrogen-bond donors (Lipinski definition) is 0. The van der Waals surface area contributed by atoms with Crippen molar-refractivity contribution in [1.82, 2.24) is 58.6 Å². The van der Waals surface area contributed by atoms with Gasteiger partial charge in [0, 0.05) is 118 Å². The molecule has 0 fully saturated rings. The van der Waals surface area contributed by atoms with Crippen molar-refractivity contribution in [2.24, 2.45) is 0 Å². The minimum absolute atomic E-state index is 0.642. The van der Waals surface area contributed by atoms with Crippen molar-refractivity contribution in [3.05, 3.63) is 498 Å². The molecule has 0 N–H and O–H groups in total. The van der Waals surface area contributed by atoms with Gasteiger partial charge in [0.1, 0.15) is 0 Å². The second-order valence-electron chi connectivity index (χ2n) is 36.2. The summed E-state index contributed by atoms with van der Waals surface area (Å²) in [4.78, 5) is 44.7. The van der Waals surface area contributed by atoms with Gasteiger partial charge in [-0.25, -0.2) is 44.9 Å². The van der Waals surface area contributed by atoms with Crippen molar-refractivity contribution in [1.29, 1.82) is 0 Å². The first kappa shape index (κ1) is 83.0. The zero-order chi connectivity index (χ0) is 94.4. The number of benzene rings is 20. The quantitative estimate of drug-likeness (QED) is 0.117. The lowest BCUT2D eigenvalue weighted by Gasteiger charge is -2.15. The van der Waals surface area contributed by atoms with Crippen molar-refractivity contribution >= 4 is 54.3 Å². The van der Waals surface area contributed by atoms with Crippen LogP contribution >= 0.6 is 0 Å². The van der Waals surface area contributed by atoms with Crippen LogP contribution in [0.25, 0.3) is 274 Å². The summed E-state index contributed by atoms with van der Waals surface area (Å²) in [7, 11) is 0. The third-order valence-electron chi connectivity index (χ3n) is 27.9. The lowest BCUT2D eigenvalue weighted by molar-refractivity contribution is 1.07. The van der Waals surface area contributed by atoms with Gasteiger partial charge in [-0.1, -0.05) is 394 Å². The fourth-order valence-corrected chi connectivity index (χ4v) is 21.3. The first-order valence-electron chi connectivity index (χ1n) is 48.2. The molecule has 3 aliphatic rings. The summed E-state index contributed by atoms with van der Waals surface area (Å²) in [6.07, 6.45) is 6.91. The number of rotatable bonds is 12. The lowest BCUT2D eigenvalue weighted by Crippen LogP contribution is -2.01. The Balaban J connectivity index is 0.000000107. The summed E-state index contributed by atoms with van der Waals surface area (Å²) >= 11 is 0. The fraction of sp³-hybridized carbons (Fsp3) is 0. The Hall–Kier alpha value is -19.4. The average Bonchev–Trinajstić information content (AvgIpc) is 1.59. The highest BCUT2D eigenvalue weighted by Crippen LogP contribution is 2.54. The Morgan fingerprint density at radius 2 is 0.371 bits per heavy atom. The van der Waals surface area contributed by atoms with Crippen LogP contribution in [0.2, 0.25) is 0 Å². The van der Waals surface area contributed by atoms with Crippen LogP contribution in [0.3, 0.4) is 0 Å². The van der Waals surface area contributed by atoms with Gasteiger partial charge in [0.25, 0.3) is 0 Å². The molecule has 3 aliphatic carbocycles. The van der Waals surface area contributed by atoms with E-state index in [-0.39, 0.29) is 0 Å². The minimum Gasteiger partial charge on any atom is -0.316 e. The molecular formula is C131H82N12. The molecule has 0 saturated heterocycles. The maximum atomic E-state index is 5.07. The number of nitrogens with zero attached hydrogens (tertiary/aromatic N) is 12. The molecule has 666 valence electrons. The Morgan fingerprint density at radius 1 is 0.133 bits per heavy atom. The summed E-state index contributed by atoms with van der Waals surface area (Å²) in [6, 6.07) is 168. The monoisotopic (exact) mass is 1820 g/mol. The molecule has 6 aromatic heterocycles. The van der Waals surface area contributed by atoms with Gasteiger partial charge < -0.3 is 13.7 Å². The first-order chi connectivity index (χ1) is 70.9. The molecule has 20 aromatic carbocycles. The van der Waals surface area contributed by atoms with Crippen LogP contribution in [0.1, 0.15) is 0 Å². The van der Waals surface area contributed by atoms with Crippen LogP contribution in [-0.2, 0) is 0 Å². The van der Waals surface area contributed by atoms with E-state index in [9.17, 15) is 0 Å². The second-order valence-corrected chi connectivity index (χ2v) is 36.2. The van der Waals surface area contributed by atoms with E-state index in [0.29, 0.717) is 52.4 Å². The summed E-state index contributed by atoms with van der Waals surface area (Å²) in [6.45, 7) is 0. The zero-order valence-corrected chi connectivity index (χ0v) is 77.2. The van der Waals surface area contributed by atoms with Gasteiger partial charge >= 0.3 is 0 Å². The smallest absolute Gasteiger partial charge is 0.164 e. The van der Waals surface area contributed by atoms with Crippen molar-refractivity contribution in [3.63, 3.8) is 0 Å². The molecule has 0 radical (unpaired) electrons. The second kappa shape index (κ2) is 35.0. The molecule has 6 heterocycles. The summed E-state index contributed by atoms with van der Waals surface area (Å²) in [5.41, 5.74) is 38.0. The standard InChI is InChI=1S/2C45H28N4.C41H26N4/c1-3-14-29(15-4-1)43-46-44(30-16-5-2-6-17-30)48-45(47-43)38-26-27-40(36-23-12-11-22-35(36)38)49-28-39-34-21-10-8-19-32(34)31-18-7-9-20-33(31)37-24-13-25-41(49)42(37)39;1-2-12-30(13-3-1)43-46-44(48-45(47-43)33-22-21-29-11-4-5-14-32(29)27-33)31-23-25-34(26-24-31)49-28-40-38-18-9-7-16-36(38)35-15-6-8-17-37(35)39-19-10-20-41(49)42(39)40;1-3-12-27(13-4-1)39-42-40(28-14-5-2-6-15-28)44-41(43-39)29-22-24-30(25-23-29)45-26-36-34-19-10-8-17-32(34)31-16-7-9-18-33(31)35-20-11-21-37(45)38(35)36/h2*1-28H;1-26H. The predicted molar refractivity (Wildman–Crippen MR) is 584 cm³/mol. The predicted octanol–water partition coefficient (Wildman–Crippen LogP) is 32.7. The van der Waals surface area contributed by atoms with Crippen molar-refractivity contribution < 1.29 is 0 Å². The third-order valence-corrected chi connectivity index (χ3v) is 27.9. The van der Waals surface area contributed by atoms with E-state index in [1.807, 2.05) is 152 Å². The normalized spacial score (nSPS) is 11.6. The molecule has 143 heavy (non-hydrogen) atoms. The topological polar surface area (TPSA) is 131 Å². The van der Waals surface area contributed by atoms with E-state index in [2.05, 4.69) is 360 Å². The van der Waals surface area contributed by atoms with E-state index in [1.165, 1.54) is 138 Å². The largest absolute Gasteiger partial charge is 0.316 e. The molecule has 0 spiro atoms. The van der Waals surface area contributed by atoms with Crippen LogP contribution in [0.15, 0.2) is 498 Å². The zero-order valence-electron chi connectivity index (χ0n) is 77.2. The van der Waals surface area contributed by atoms with Gasteiger partial charge in [0.05, 0.1) is 22.2 Å². The molecule has 0 saturated carbocycles. The van der Waals surface area contributed by atoms with Gasteiger partial charge in [0.2, 0.25) is 0 Å². The van der Waals surface area contributed by atoms with Crippen molar-refractivity contribution in [3.8, 4) is 220 Å². The van der Waals surface area contributed by atoms with E-state index >= 15 is 0 Å². The third kappa shape index (κ3) is 14.7.